The summed E-state index contributed by atoms with van der Waals surface area (Å²) in [6.45, 7) is 2.58. The van der Waals surface area contributed by atoms with Gasteiger partial charge in [0.2, 0.25) is 0 Å². The molecule has 8 N–H and O–H groups in total. The first-order valence-electron chi connectivity index (χ1n) is 12.1. The molecule has 0 bridgehead atoms. The Bertz CT molecular complexity index is 727. The highest BCUT2D eigenvalue weighted by atomic mass is 16.4. The number of carboxylic acid groups (broad SMARTS) is 1. The van der Waals surface area contributed by atoms with Crippen LogP contribution >= 0.6 is 0 Å². The average Bonchev–Trinajstić information content (AvgIpc) is 3.34. The smallest absolute Gasteiger partial charge is 0.303 e. The molecule has 6 atom stereocenters. The summed E-state index contributed by atoms with van der Waals surface area (Å²) in [4.78, 5) is 10.6. The number of carboxylic acids is 1. The van der Waals surface area contributed by atoms with Crippen molar-refractivity contribution in [2.24, 2.45) is 29.4 Å². The van der Waals surface area contributed by atoms with Crippen molar-refractivity contribution in [1.29, 1.82) is 0 Å². The number of hydrogen-bond acceptors (Lipinski definition) is 7. The summed E-state index contributed by atoms with van der Waals surface area (Å²) < 4.78 is 0. The quantitative estimate of drug-likeness (QED) is 0.131. The molecule has 2 fully saturated rings. The largest absolute Gasteiger partial charge is 0.481 e. The third-order valence-electron chi connectivity index (χ3n) is 6.80. The van der Waals surface area contributed by atoms with Crippen LogP contribution in [0.2, 0.25) is 0 Å². The molecule has 0 aromatic heterocycles. The van der Waals surface area contributed by atoms with Gasteiger partial charge in [0.05, 0.1) is 37.6 Å². The van der Waals surface area contributed by atoms with Crippen molar-refractivity contribution in [2.45, 2.75) is 76.5 Å². The fourth-order valence-corrected chi connectivity index (χ4v) is 4.46. The summed E-state index contributed by atoms with van der Waals surface area (Å²) in [6, 6.07) is 0. The predicted molar refractivity (Wildman–Crippen MR) is 130 cm³/mol. The summed E-state index contributed by atoms with van der Waals surface area (Å²) in [5, 5.41) is 54.4. The van der Waals surface area contributed by atoms with Gasteiger partial charge in [-0.15, -0.1) is 11.8 Å². The van der Waals surface area contributed by atoms with Crippen LogP contribution in [0, 0.1) is 35.5 Å². The van der Waals surface area contributed by atoms with Crippen molar-refractivity contribution >= 4 is 5.97 Å². The summed E-state index contributed by atoms with van der Waals surface area (Å²) in [6.07, 6.45) is 10.4. The molecule has 0 aromatic carbocycles. The number of carbonyl (C=O) groups is 1. The van der Waals surface area contributed by atoms with Gasteiger partial charge in [0.25, 0.3) is 0 Å². The fraction of sp³-hybridized carbons (Fsp3) is 0.731. The zero-order chi connectivity index (χ0) is 25.7. The standard InChI is InChI=1S/C22H32O4.C4H11NO3/c1-3-4-7-15(2)20(23)11-10-18-19-13-16(8-5-6-9-22(25)26)12-17(19)14-21(18)24;5-4(1-6,2-7)3-8/h8,10-11,15,17-21,23-24H,5-7,9,12-14H2,1-2H3,(H,25,26);6-8H,1-3,5H2/b11-10+,16-8-;/t15?,17-,18?,19-,20+,21+;/m0./s1. The number of aliphatic hydroxyl groups is 5. The van der Waals surface area contributed by atoms with Crippen LogP contribution in [-0.4, -0.2) is 74.2 Å². The molecule has 0 spiro atoms. The molecular weight excluding hydrogens is 438 g/mol. The van der Waals surface area contributed by atoms with E-state index in [2.05, 4.69) is 17.9 Å². The molecule has 34 heavy (non-hydrogen) atoms. The van der Waals surface area contributed by atoms with E-state index in [1.54, 1.807) is 6.92 Å². The highest BCUT2D eigenvalue weighted by Crippen LogP contribution is 2.50. The highest BCUT2D eigenvalue weighted by Gasteiger charge is 2.44. The van der Waals surface area contributed by atoms with Gasteiger partial charge in [0, 0.05) is 18.8 Å². The maximum Gasteiger partial charge on any atom is 0.303 e. The number of nitrogens with two attached hydrogens (primary N) is 1. The Morgan fingerprint density at radius 3 is 2.41 bits per heavy atom. The molecule has 2 rings (SSSR count). The van der Waals surface area contributed by atoms with E-state index in [1.165, 1.54) is 5.57 Å². The molecule has 194 valence electrons. The number of unbranched alkanes of at least 4 members (excludes halogenated alkanes) is 1. The number of hydrogen-bond donors (Lipinski definition) is 7. The van der Waals surface area contributed by atoms with Gasteiger partial charge < -0.3 is 36.4 Å². The van der Waals surface area contributed by atoms with Crippen molar-refractivity contribution in [3.05, 3.63) is 23.8 Å². The minimum Gasteiger partial charge on any atom is -0.481 e. The number of aliphatic hydroxyl groups excluding tert-OH is 5. The fourth-order valence-electron chi connectivity index (χ4n) is 4.46. The monoisotopic (exact) mass is 481 g/mol. The minimum atomic E-state index is -1.21. The van der Waals surface area contributed by atoms with Crippen molar-refractivity contribution < 1.29 is 35.4 Å². The van der Waals surface area contributed by atoms with Gasteiger partial charge in [-0.2, -0.15) is 0 Å². The van der Waals surface area contributed by atoms with Crippen LogP contribution in [0.25, 0.3) is 0 Å². The molecule has 2 unspecified atom stereocenters. The summed E-state index contributed by atoms with van der Waals surface area (Å²) in [5.74, 6) is 6.25. The van der Waals surface area contributed by atoms with Crippen LogP contribution in [0.4, 0.5) is 0 Å². The van der Waals surface area contributed by atoms with E-state index in [0.717, 1.165) is 25.7 Å². The minimum absolute atomic E-state index is 0.0845. The molecule has 0 radical (unpaired) electrons. The Balaban J connectivity index is 0.000000620. The number of allylic oxidation sites excluding steroid dienone is 2. The van der Waals surface area contributed by atoms with Gasteiger partial charge >= 0.3 is 5.97 Å². The zero-order valence-electron chi connectivity index (χ0n) is 20.4. The zero-order valence-corrected chi connectivity index (χ0v) is 20.4. The predicted octanol–water partition coefficient (Wildman–Crippen LogP) is 1.20. The average molecular weight is 482 g/mol. The maximum atomic E-state index is 10.6. The first-order chi connectivity index (χ1) is 16.1. The lowest BCUT2D eigenvalue weighted by Crippen LogP contribution is -2.50. The first-order valence-corrected chi connectivity index (χ1v) is 12.1. The van der Waals surface area contributed by atoms with Gasteiger partial charge in [0.15, 0.2) is 0 Å². The van der Waals surface area contributed by atoms with Gasteiger partial charge in [-0.05, 0) is 56.8 Å². The molecule has 8 heteroatoms. The summed E-state index contributed by atoms with van der Waals surface area (Å²) in [7, 11) is 0. The van der Waals surface area contributed by atoms with Gasteiger partial charge in [0.1, 0.15) is 0 Å². The molecule has 0 amide bonds. The van der Waals surface area contributed by atoms with Crippen LogP contribution in [0.1, 0.15) is 58.8 Å². The lowest BCUT2D eigenvalue weighted by molar-refractivity contribution is -0.137. The van der Waals surface area contributed by atoms with E-state index in [0.29, 0.717) is 24.7 Å². The van der Waals surface area contributed by atoms with Gasteiger partial charge in [-0.25, -0.2) is 0 Å². The molecule has 0 aliphatic heterocycles. The number of rotatable bonds is 11. The molecule has 2 aliphatic rings. The van der Waals surface area contributed by atoms with Crippen LogP contribution in [0.15, 0.2) is 23.8 Å². The third kappa shape index (κ3) is 9.87. The van der Waals surface area contributed by atoms with E-state index < -0.39 is 37.4 Å². The lowest BCUT2D eigenvalue weighted by Gasteiger charge is -2.20. The molecular formula is C26H43NO7. The Morgan fingerprint density at radius 2 is 1.88 bits per heavy atom. The van der Waals surface area contributed by atoms with Crippen LogP contribution in [-0.2, 0) is 4.79 Å². The number of aliphatic carboxylic acids is 1. The topological polar surface area (TPSA) is 164 Å². The third-order valence-corrected chi connectivity index (χ3v) is 6.80. The molecule has 0 aromatic rings. The van der Waals surface area contributed by atoms with Gasteiger partial charge in [-0.1, -0.05) is 30.7 Å². The normalized spacial score (nSPS) is 27.0. The second-order valence-corrected chi connectivity index (χ2v) is 9.68. The lowest BCUT2D eigenvalue weighted by atomic mass is 9.89. The molecule has 2 saturated carbocycles. The first kappa shape index (κ1) is 30.3. The second-order valence-electron chi connectivity index (χ2n) is 9.68. The Kier molecular flexibility index (Phi) is 13.6. The van der Waals surface area contributed by atoms with Gasteiger partial charge in [-0.3, -0.25) is 4.79 Å². The van der Waals surface area contributed by atoms with Crippen molar-refractivity contribution in [3.8, 4) is 11.8 Å². The molecule has 0 saturated heterocycles. The van der Waals surface area contributed by atoms with E-state index in [9.17, 15) is 15.0 Å². The van der Waals surface area contributed by atoms with Crippen LogP contribution in [0.5, 0.6) is 0 Å². The SMILES string of the molecule is CC#CCC(C)[C@H](O)/C=C/C1[C@H](O)C[C@@H]2C/C(=C/CCCC(=O)O)C[C@H]12.NC(CO)(CO)CO. The maximum absolute atomic E-state index is 10.6. The summed E-state index contributed by atoms with van der Waals surface area (Å²) in [5.41, 5.74) is 5.34. The van der Waals surface area contributed by atoms with E-state index >= 15 is 0 Å². The second kappa shape index (κ2) is 15.3. The summed E-state index contributed by atoms with van der Waals surface area (Å²) >= 11 is 0. The highest BCUT2D eigenvalue weighted by molar-refractivity contribution is 5.66. The Morgan fingerprint density at radius 1 is 1.24 bits per heavy atom. The Labute approximate surface area is 203 Å². The molecule has 0 heterocycles. The van der Waals surface area contributed by atoms with E-state index in [1.807, 2.05) is 19.1 Å². The molecule has 2 aliphatic carbocycles. The van der Waals surface area contributed by atoms with Crippen molar-refractivity contribution in [2.75, 3.05) is 19.8 Å². The van der Waals surface area contributed by atoms with E-state index in [4.69, 9.17) is 26.2 Å². The van der Waals surface area contributed by atoms with E-state index in [-0.39, 0.29) is 24.4 Å². The van der Waals surface area contributed by atoms with Crippen molar-refractivity contribution in [3.63, 3.8) is 0 Å². The number of fused-ring (bicyclic) bond motifs is 1. The van der Waals surface area contributed by atoms with Crippen LogP contribution < -0.4 is 5.73 Å². The Hall–Kier alpha value is -1.73. The van der Waals surface area contributed by atoms with Crippen LogP contribution in [0.3, 0.4) is 0 Å². The molecule has 8 nitrogen and oxygen atoms in total. The van der Waals surface area contributed by atoms with Crippen molar-refractivity contribution in [1.82, 2.24) is 0 Å².